The van der Waals surface area contributed by atoms with Gasteiger partial charge in [-0.05, 0) is 18.1 Å². The van der Waals surface area contributed by atoms with Crippen LogP contribution in [-0.4, -0.2) is 56.0 Å². The number of benzene rings is 1. The highest BCUT2D eigenvalue weighted by atomic mass is 16.5. The zero-order valence-electron chi connectivity index (χ0n) is 15.8. The lowest BCUT2D eigenvalue weighted by Gasteiger charge is -2.28. The Bertz CT molecular complexity index is 590. The van der Waals surface area contributed by atoms with Gasteiger partial charge in [0.1, 0.15) is 0 Å². The Morgan fingerprint density at radius 1 is 1.08 bits per heavy atom. The second-order valence-corrected chi connectivity index (χ2v) is 6.55. The van der Waals surface area contributed by atoms with Crippen LogP contribution in [0.4, 0.5) is 5.69 Å². The van der Waals surface area contributed by atoms with Crippen LogP contribution in [0.25, 0.3) is 0 Å². The Morgan fingerprint density at radius 2 is 1.73 bits per heavy atom. The van der Waals surface area contributed by atoms with Crippen molar-refractivity contribution < 1.29 is 19.1 Å². The van der Waals surface area contributed by atoms with Gasteiger partial charge in [0, 0.05) is 31.7 Å². The van der Waals surface area contributed by atoms with Crippen LogP contribution in [0, 0.1) is 5.92 Å². The molecule has 26 heavy (non-hydrogen) atoms. The minimum Gasteiger partial charge on any atom is -0.469 e. The average Bonchev–Trinajstić information content (AvgIpc) is 2.59. The molecule has 0 atom stereocenters. The molecule has 0 unspecified atom stereocenters. The number of ether oxygens (including phenoxy) is 1. The first-order valence-electron chi connectivity index (χ1n) is 8.76. The van der Waals surface area contributed by atoms with Gasteiger partial charge >= 0.3 is 5.97 Å². The quantitative estimate of drug-likeness (QED) is 0.600. The van der Waals surface area contributed by atoms with Crippen LogP contribution >= 0.6 is 0 Å². The predicted molar refractivity (Wildman–Crippen MR) is 101 cm³/mol. The molecule has 1 aromatic carbocycles. The van der Waals surface area contributed by atoms with Crippen molar-refractivity contribution in [3.8, 4) is 0 Å². The Morgan fingerprint density at radius 3 is 2.27 bits per heavy atom. The van der Waals surface area contributed by atoms with E-state index in [0.717, 1.165) is 5.69 Å². The summed E-state index contributed by atoms with van der Waals surface area (Å²) in [7, 11) is 1.35. The zero-order chi connectivity index (χ0) is 19.5. The van der Waals surface area contributed by atoms with Crippen LogP contribution in [0.1, 0.15) is 26.7 Å². The van der Waals surface area contributed by atoms with E-state index >= 15 is 0 Å². The smallest absolute Gasteiger partial charge is 0.306 e. The number of rotatable bonds is 11. The highest BCUT2D eigenvalue weighted by Crippen LogP contribution is 2.15. The van der Waals surface area contributed by atoms with Gasteiger partial charge in [0.2, 0.25) is 11.8 Å². The summed E-state index contributed by atoms with van der Waals surface area (Å²) in [5, 5.41) is 0. The van der Waals surface area contributed by atoms with E-state index in [-0.39, 0.29) is 37.8 Å². The molecule has 0 aliphatic heterocycles. The number of hydrogen-bond acceptors (Lipinski definition) is 5. The largest absolute Gasteiger partial charge is 0.469 e. The van der Waals surface area contributed by atoms with E-state index < -0.39 is 5.91 Å². The van der Waals surface area contributed by atoms with Crippen LogP contribution in [-0.2, 0) is 19.1 Å². The summed E-state index contributed by atoms with van der Waals surface area (Å²) in [5.74, 6) is -0.553. The fraction of sp³-hybridized carbons (Fsp3) is 0.526. The average molecular weight is 363 g/mol. The van der Waals surface area contributed by atoms with Crippen molar-refractivity contribution in [2.75, 3.05) is 38.2 Å². The van der Waals surface area contributed by atoms with Crippen LogP contribution in [0.3, 0.4) is 0 Å². The second kappa shape index (κ2) is 11.3. The van der Waals surface area contributed by atoms with Crippen molar-refractivity contribution in [2.45, 2.75) is 26.7 Å². The minimum atomic E-state index is -0.455. The van der Waals surface area contributed by atoms with Crippen LogP contribution < -0.4 is 10.6 Å². The van der Waals surface area contributed by atoms with Crippen molar-refractivity contribution in [2.24, 2.45) is 11.7 Å². The van der Waals surface area contributed by atoms with Crippen LogP contribution in [0.5, 0.6) is 0 Å². The summed E-state index contributed by atoms with van der Waals surface area (Å²) in [6, 6.07) is 9.17. The van der Waals surface area contributed by atoms with Gasteiger partial charge in [-0.2, -0.15) is 0 Å². The monoisotopic (exact) mass is 363 g/mol. The number of methoxy groups -OCH3 is 1. The molecular formula is C19H29N3O4. The molecule has 1 rings (SSSR count). The molecule has 0 bridgehead atoms. The number of carbonyl (C=O) groups is 3. The molecule has 2 amide bonds. The van der Waals surface area contributed by atoms with E-state index in [0.29, 0.717) is 19.0 Å². The number of hydrogen-bond donors (Lipinski definition) is 1. The number of anilines is 1. The molecule has 1 aromatic rings. The summed E-state index contributed by atoms with van der Waals surface area (Å²) < 4.78 is 4.68. The molecule has 0 aliphatic rings. The highest BCUT2D eigenvalue weighted by molar-refractivity contribution is 5.95. The standard InChI is InChI=1S/C19H29N3O4/c1-15(2)13-21(11-10-19(25)26-3)14-18(24)22(12-9-17(20)23)16-7-5-4-6-8-16/h4-8,15H,9-14H2,1-3H3,(H2,20,23). The lowest BCUT2D eigenvalue weighted by Crippen LogP contribution is -2.43. The Labute approximate surface area is 155 Å². The number of para-hydroxylation sites is 1. The first-order valence-corrected chi connectivity index (χ1v) is 8.76. The molecule has 0 aliphatic carbocycles. The van der Waals surface area contributed by atoms with E-state index in [1.807, 2.05) is 35.2 Å². The maximum atomic E-state index is 12.9. The number of primary amides is 1. The molecule has 144 valence electrons. The van der Waals surface area contributed by atoms with Gasteiger partial charge in [-0.1, -0.05) is 32.0 Å². The highest BCUT2D eigenvalue weighted by Gasteiger charge is 2.20. The van der Waals surface area contributed by atoms with Crippen molar-refractivity contribution in [3.05, 3.63) is 30.3 Å². The lowest BCUT2D eigenvalue weighted by atomic mass is 10.2. The van der Waals surface area contributed by atoms with E-state index in [1.54, 1.807) is 4.90 Å². The van der Waals surface area contributed by atoms with Crippen molar-refractivity contribution in [1.82, 2.24) is 4.90 Å². The molecule has 0 heterocycles. The summed E-state index contributed by atoms with van der Waals surface area (Å²) in [6.07, 6.45) is 0.316. The molecule has 0 fully saturated rings. The molecular weight excluding hydrogens is 334 g/mol. The lowest BCUT2D eigenvalue weighted by molar-refractivity contribution is -0.141. The van der Waals surface area contributed by atoms with Crippen molar-refractivity contribution >= 4 is 23.5 Å². The van der Waals surface area contributed by atoms with Crippen molar-refractivity contribution in [1.29, 1.82) is 0 Å². The first kappa shape index (κ1) is 21.6. The van der Waals surface area contributed by atoms with Crippen molar-refractivity contribution in [3.63, 3.8) is 0 Å². The van der Waals surface area contributed by atoms with Gasteiger partial charge in [0.05, 0.1) is 20.1 Å². The van der Waals surface area contributed by atoms with Gasteiger partial charge in [-0.25, -0.2) is 0 Å². The third kappa shape index (κ3) is 8.11. The van der Waals surface area contributed by atoms with Gasteiger partial charge in [-0.3, -0.25) is 19.3 Å². The summed E-state index contributed by atoms with van der Waals surface area (Å²) in [4.78, 5) is 39.0. The second-order valence-electron chi connectivity index (χ2n) is 6.55. The van der Waals surface area contributed by atoms with Gasteiger partial charge in [0.15, 0.2) is 0 Å². The normalized spacial score (nSPS) is 10.8. The Balaban J connectivity index is 2.84. The molecule has 0 saturated heterocycles. The third-order valence-electron chi connectivity index (χ3n) is 3.79. The minimum absolute atomic E-state index is 0.0903. The van der Waals surface area contributed by atoms with E-state index in [4.69, 9.17) is 5.73 Å². The molecule has 0 spiro atoms. The predicted octanol–water partition coefficient (Wildman–Crippen LogP) is 1.42. The number of nitrogens with zero attached hydrogens (tertiary/aromatic N) is 2. The molecule has 7 heteroatoms. The van der Waals surface area contributed by atoms with E-state index in [2.05, 4.69) is 18.6 Å². The van der Waals surface area contributed by atoms with Crippen LogP contribution in [0.15, 0.2) is 30.3 Å². The number of amides is 2. The summed E-state index contributed by atoms with van der Waals surface area (Å²) in [5.41, 5.74) is 5.96. The fourth-order valence-electron chi connectivity index (χ4n) is 2.61. The SMILES string of the molecule is COC(=O)CCN(CC(=O)N(CCC(N)=O)c1ccccc1)CC(C)C. The molecule has 0 radical (unpaired) electrons. The summed E-state index contributed by atoms with van der Waals surface area (Å²) in [6.45, 7) is 5.61. The van der Waals surface area contributed by atoms with Crippen LogP contribution in [0.2, 0.25) is 0 Å². The van der Waals surface area contributed by atoms with E-state index in [1.165, 1.54) is 7.11 Å². The number of esters is 1. The van der Waals surface area contributed by atoms with Gasteiger partial charge in [-0.15, -0.1) is 0 Å². The first-order chi connectivity index (χ1) is 12.3. The Kier molecular flexibility index (Phi) is 9.36. The van der Waals surface area contributed by atoms with E-state index in [9.17, 15) is 14.4 Å². The topological polar surface area (TPSA) is 92.9 Å². The molecule has 2 N–H and O–H groups in total. The molecule has 0 saturated carbocycles. The van der Waals surface area contributed by atoms with Gasteiger partial charge in [0.25, 0.3) is 0 Å². The molecule has 7 nitrogen and oxygen atoms in total. The number of nitrogens with two attached hydrogens (primary N) is 1. The maximum Gasteiger partial charge on any atom is 0.306 e. The number of carbonyl (C=O) groups excluding carboxylic acids is 3. The fourth-order valence-corrected chi connectivity index (χ4v) is 2.61. The summed E-state index contributed by atoms with van der Waals surface area (Å²) >= 11 is 0. The Hall–Kier alpha value is -2.41. The van der Waals surface area contributed by atoms with Gasteiger partial charge < -0.3 is 15.4 Å². The zero-order valence-corrected chi connectivity index (χ0v) is 15.8. The molecule has 0 aromatic heterocycles. The maximum absolute atomic E-state index is 12.9. The third-order valence-corrected chi connectivity index (χ3v) is 3.79.